The number of nitrogens with one attached hydrogen (secondary N) is 1. The van der Waals surface area contributed by atoms with Crippen LogP contribution in [-0.2, 0) is 11.3 Å². The van der Waals surface area contributed by atoms with E-state index in [0.717, 1.165) is 0 Å². The van der Waals surface area contributed by atoms with Crippen LogP contribution in [0.4, 0.5) is 10.1 Å². The van der Waals surface area contributed by atoms with Crippen molar-refractivity contribution in [1.82, 2.24) is 9.55 Å². The average Bonchev–Trinajstić information content (AvgIpc) is 2.99. The molecule has 0 saturated heterocycles. The Hall–Kier alpha value is -2.95. The number of nitriles is 1. The van der Waals surface area contributed by atoms with E-state index in [1.165, 1.54) is 48.1 Å². The minimum absolute atomic E-state index is 0.122. The van der Waals surface area contributed by atoms with Crippen molar-refractivity contribution in [3.63, 3.8) is 0 Å². The molecule has 1 heterocycles. The van der Waals surface area contributed by atoms with E-state index in [1.807, 2.05) is 6.07 Å². The van der Waals surface area contributed by atoms with E-state index in [9.17, 15) is 14.3 Å². The summed E-state index contributed by atoms with van der Waals surface area (Å²) in [7, 11) is 0. The number of aliphatic hydroxyl groups is 1. The molecule has 0 bridgehead atoms. The lowest BCUT2D eigenvalue weighted by atomic mass is 10.1. The van der Waals surface area contributed by atoms with Crippen LogP contribution in [0.3, 0.4) is 0 Å². The number of benzene rings is 2. The van der Waals surface area contributed by atoms with Crippen LogP contribution >= 0.6 is 11.6 Å². The van der Waals surface area contributed by atoms with Crippen LogP contribution in [-0.4, -0.2) is 26.2 Å². The number of para-hydroxylation sites is 1. The smallest absolute Gasteiger partial charge is 0.257 e. The molecule has 1 aromatic heterocycles. The first-order chi connectivity index (χ1) is 12.3. The molecule has 0 radical (unpaired) electrons. The number of amides is 1. The second-order valence-corrected chi connectivity index (χ2v) is 6.42. The van der Waals surface area contributed by atoms with Gasteiger partial charge in [-0.2, -0.15) is 5.26 Å². The molecule has 0 aliphatic heterocycles. The van der Waals surface area contributed by atoms with Crippen LogP contribution in [0.25, 0.3) is 11.0 Å². The quantitative estimate of drug-likeness (QED) is 0.736. The molecule has 2 aromatic carbocycles. The number of imidazole rings is 1. The maximum atomic E-state index is 13.7. The number of carbonyl (C=O) groups excluding carboxylic acids is 1. The van der Waals surface area contributed by atoms with E-state index in [2.05, 4.69) is 10.3 Å². The highest BCUT2D eigenvalue weighted by Gasteiger charge is 2.31. The van der Waals surface area contributed by atoms with Gasteiger partial charge in [0.2, 0.25) is 0 Å². The van der Waals surface area contributed by atoms with Crippen LogP contribution in [0.2, 0.25) is 5.02 Å². The van der Waals surface area contributed by atoms with Gasteiger partial charge in [-0.25, -0.2) is 9.37 Å². The highest BCUT2D eigenvalue weighted by atomic mass is 35.5. The summed E-state index contributed by atoms with van der Waals surface area (Å²) in [6.07, 6.45) is 1.37. The van der Waals surface area contributed by atoms with Crippen molar-refractivity contribution in [2.45, 2.75) is 19.1 Å². The molecule has 0 saturated carbocycles. The van der Waals surface area contributed by atoms with E-state index >= 15 is 0 Å². The second kappa shape index (κ2) is 6.75. The first kappa shape index (κ1) is 17.9. The van der Waals surface area contributed by atoms with Gasteiger partial charge in [0.1, 0.15) is 11.6 Å². The van der Waals surface area contributed by atoms with Crippen molar-refractivity contribution < 1.29 is 14.3 Å². The summed E-state index contributed by atoms with van der Waals surface area (Å²) in [5.74, 6) is -1.14. The Morgan fingerprint density at radius 1 is 1.46 bits per heavy atom. The fourth-order valence-corrected chi connectivity index (χ4v) is 2.75. The number of anilines is 1. The Kier molecular flexibility index (Phi) is 4.64. The van der Waals surface area contributed by atoms with Gasteiger partial charge in [0.05, 0.1) is 29.0 Å². The van der Waals surface area contributed by atoms with Crippen molar-refractivity contribution >= 4 is 34.2 Å². The highest BCUT2D eigenvalue weighted by molar-refractivity contribution is 6.32. The Morgan fingerprint density at radius 2 is 2.23 bits per heavy atom. The minimum atomic E-state index is -1.79. The molecule has 6 nitrogen and oxygen atoms in total. The number of hydrogen-bond acceptors (Lipinski definition) is 4. The molecular weight excluding hydrogens is 359 g/mol. The number of fused-ring (bicyclic) bond motifs is 1. The first-order valence-corrected chi connectivity index (χ1v) is 8.02. The molecule has 0 unspecified atom stereocenters. The van der Waals surface area contributed by atoms with E-state index < -0.39 is 17.3 Å². The van der Waals surface area contributed by atoms with Crippen LogP contribution in [0.1, 0.15) is 12.5 Å². The lowest BCUT2D eigenvalue weighted by Crippen LogP contribution is -2.43. The standard InChI is InChI=1S/C18H14ClFN4O2/c1-18(26,9-24-10-22-16-14(20)3-2-4-15(16)24)17(25)23-12-6-5-11(8-21)13(19)7-12/h2-7,10,26H,9H2,1H3,(H,23,25)/t18-/m0/s1. The van der Waals surface area contributed by atoms with Crippen molar-refractivity contribution in [1.29, 1.82) is 5.26 Å². The summed E-state index contributed by atoms with van der Waals surface area (Å²) in [6, 6.07) is 10.8. The van der Waals surface area contributed by atoms with Gasteiger partial charge in [-0.15, -0.1) is 0 Å². The topological polar surface area (TPSA) is 90.9 Å². The molecule has 0 aliphatic rings. The highest BCUT2D eigenvalue weighted by Crippen LogP contribution is 2.23. The van der Waals surface area contributed by atoms with Crippen molar-refractivity contribution in [2.75, 3.05) is 5.32 Å². The zero-order valence-corrected chi connectivity index (χ0v) is 14.5. The van der Waals surface area contributed by atoms with Crippen LogP contribution < -0.4 is 5.32 Å². The molecule has 8 heteroatoms. The summed E-state index contributed by atoms with van der Waals surface area (Å²) >= 11 is 5.94. The third kappa shape index (κ3) is 3.38. The molecule has 1 amide bonds. The zero-order valence-electron chi connectivity index (χ0n) is 13.7. The van der Waals surface area contributed by atoms with Gasteiger partial charge in [0.15, 0.2) is 11.4 Å². The van der Waals surface area contributed by atoms with Crippen LogP contribution in [0, 0.1) is 17.1 Å². The van der Waals surface area contributed by atoms with Crippen molar-refractivity contribution in [3.05, 3.63) is 59.1 Å². The summed E-state index contributed by atoms with van der Waals surface area (Å²) in [5, 5.41) is 22.2. The molecule has 3 aromatic rings. The van der Waals surface area contributed by atoms with Gasteiger partial charge in [-0.1, -0.05) is 17.7 Å². The van der Waals surface area contributed by atoms with Gasteiger partial charge >= 0.3 is 0 Å². The fraction of sp³-hybridized carbons (Fsp3) is 0.167. The number of rotatable bonds is 4. The van der Waals surface area contributed by atoms with E-state index in [1.54, 1.807) is 6.07 Å². The van der Waals surface area contributed by atoms with Gasteiger partial charge in [-0.3, -0.25) is 4.79 Å². The van der Waals surface area contributed by atoms with E-state index in [-0.39, 0.29) is 22.6 Å². The molecule has 132 valence electrons. The zero-order chi connectivity index (χ0) is 18.9. The number of aromatic nitrogens is 2. The predicted molar refractivity (Wildman–Crippen MR) is 95.1 cm³/mol. The molecule has 2 N–H and O–H groups in total. The largest absolute Gasteiger partial charge is 0.378 e. The van der Waals surface area contributed by atoms with E-state index in [4.69, 9.17) is 16.9 Å². The first-order valence-electron chi connectivity index (χ1n) is 7.64. The maximum Gasteiger partial charge on any atom is 0.257 e. The number of halogens is 2. The molecule has 0 aliphatic carbocycles. The van der Waals surface area contributed by atoms with Crippen LogP contribution in [0.15, 0.2) is 42.7 Å². The lowest BCUT2D eigenvalue weighted by Gasteiger charge is -2.23. The second-order valence-electron chi connectivity index (χ2n) is 6.01. The number of carbonyl (C=O) groups is 1. The molecule has 0 spiro atoms. The molecule has 26 heavy (non-hydrogen) atoms. The Morgan fingerprint density at radius 3 is 2.92 bits per heavy atom. The van der Waals surface area contributed by atoms with Crippen LogP contribution in [0.5, 0.6) is 0 Å². The van der Waals surface area contributed by atoms with Crippen molar-refractivity contribution in [2.24, 2.45) is 0 Å². The summed E-state index contributed by atoms with van der Waals surface area (Å²) in [6.45, 7) is 1.22. The van der Waals surface area contributed by atoms with Gasteiger partial charge in [0, 0.05) is 5.69 Å². The molecular formula is C18H14ClFN4O2. The van der Waals surface area contributed by atoms with Crippen molar-refractivity contribution in [3.8, 4) is 6.07 Å². The third-order valence-electron chi connectivity index (χ3n) is 3.92. The predicted octanol–water partition coefficient (Wildman–Crippen LogP) is 3.09. The van der Waals surface area contributed by atoms with Gasteiger partial charge in [0.25, 0.3) is 5.91 Å². The molecule has 1 atom stereocenters. The third-order valence-corrected chi connectivity index (χ3v) is 4.23. The Labute approximate surface area is 153 Å². The maximum absolute atomic E-state index is 13.7. The summed E-state index contributed by atoms with van der Waals surface area (Å²) in [5.41, 5.74) is -0.522. The average molecular weight is 373 g/mol. The number of hydrogen-bond donors (Lipinski definition) is 2. The molecule has 3 rings (SSSR count). The van der Waals surface area contributed by atoms with Gasteiger partial charge in [-0.05, 0) is 37.3 Å². The monoisotopic (exact) mass is 372 g/mol. The number of nitrogens with zero attached hydrogens (tertiary/aromatic N) is 3. The lowest BCUT2D eigenvalue weighted by molar-refractivity contribution is -0.133. The molecule has 0 fully saturated rings. The Bertz CT molecular complexity index is 1040. The summed E-state index contributed by atoms with van der Waals surface area (Å²) in [4.78, 5) is 16.4. The normalized spacial score (nSPS) is 13.2. The summed E-state index contributed by atoms with van der Waals surface area (Å²) < 4.78 is 15.2. The SMILES string of the molecule is C[C@](O)(Cn1cnc2c(F)cccc21)C(=O)Nc1ccc(C#N)c(Cl)c1. The minimum Gasteiger partial charge on any atom is -0.378 e. The fourth-order valence-electron chi connectivity index (χ4n) is 2.53. The van der Waals surface area contributed by atoms with Gasteiger partial charge < -0.3 is 15.0 Å². The van der Waals surface area contributed by atoms with E-state index in [0.29, 0.717) is 11.2 Å². The Balaban J connectivity index is 1.81.